The lowest BCUT2D eigenvalue weighted by atomic mass is 10.3. The van der Waals surface area contributed by atoms with Crippen LogP contribution in [-0.2, 0) is 11.3 Å². The number of benzene rings is 1. The number of imidazole rings is 1. The summed E-state index contributed by atoms with van der Waals surface area (Å²) in [6, 6.07) is 3.20. The highest BCUT2D eigenvalue weighted by molar-refractivity contribution is 6.42. The topological polar surface area (TPSA) is 80.9 Å². The van der Waals surface area contributed by atoms with Gasteiger partial charge < -0.3 is 9.67 Å². The molecule has 0 aliphatic heterocycles. The third-order valence-corrected chi connectivity index (χ3v) is 3.62. The smallest absolute Gasteiger partial charge is 0.323 e. The highest BCUT2D eigenvalue weighted by atomic mass is 35.5. The van der Waals surface area contributed by atoms with Crippen molar-refractivity contribution in [1.82, 2.24) is 19.5 Å². The first-order valence-electron chi connectivity index (χ1n) is 5.88. The minimum absolute atomic E-state index is 0.251. The zero-order valence-corrected chi connectivity index (χ0v) is 12.0. The molecule has 0 saturated heterocycles. The molecule has 0 amide bonds. The molecule has 0 bridgehead atoms. The van der Waals surface area contributed by atoms with Gasteiger partial charge in [0.25, 0.3) is 0 Å². The number of carbonyl (C=O) groups is 1. The number of hydrogen-bond donors (Lipinski definition) is 1. The molecule has 0 saturated carbocycles. The van der Waals surface area contributed by atoms with Gasteiger partial charge in [-0.25, -0.2) is 15.0 Å². The van der Waals surface area contributed by atoms with Crippen molar-refractivity contribution < 1.29 is 9.90 Å². The fraction of sp³-hybridized carbons (Fsp3) is 0.0769. The lowest BCUT2D eigenvalue weighted by Crippen LogP contribution is -2.10. The summed E-state index contributed by atoms with van der Waals surface area (Å²) in [4.78, 5) is 23.4. The van der Waals surface area contributed by atoms with E-state index in [-0.39, 0.29) is 6.54 Å². The maximum absolute atomic E-state index is 11.1. The van der Waals surface area contributed by atoms with Crippen LogP contribution in [0.5, 0.6) is 0 Å². The van der Waals surface area contributed by atoms with E-state index >= 15 is 0 Å². The first-order chi connectivity index (χ1) is 10.1. The number of carboxylic acid groups (broad SMARTS) is 1. The van der Waals surface area contributed by atoms with Crippen LogP contribution in [0.2, 0.25) is 10.0 Å². The van der Waals surface area contributed by atoms with Crippen molar-refractivity contribution in [2.45, 2.75) is 6.54 Å². The van der Waals surface area contributed by atoms with E-state index in [4.69, 9.17) is 28.3 Å². The molecular weight excluding hydrogens is 315 g/mol. The second-order valence-electron chi connectivity index (χ2n) is 4.30. The Morgan fingerprint density at radius 2 is 1.86 bits per heavy atom. The van der Waals surface area contributed by atoms with Gasteiger partial charge in [0.05, 0.1) is 26.6 Å². The Morgan fingerprint density at radius 1 is 1.19 bits per heavy atom. The third-order valence-electron chi connectivity index (χ3n) is 2.90. The van der Waals surface area contributed by atoms with Gasteiger partial charge in [-0.2, -0.15) is 0 Å². The van der Waals surface area contributed by atoms with Crippen LogP contribution < -0.4 is 0 Å². The Bertz CT molecular complexity index is 833. The number of rotatable bonds is 3. The molecule has 2 aromatic heterocycles. The van der Waals surface area contributed by atoms with Crippen LogP contribution in [0.1, 0.15) is 0 Å². The van der Waals surface area contributed by atoms with Crippen LogP contribution in [0.3, 0.4) is 0 Å². The molecule has 6 nitrogen and oxygen atoms in total. The van der Waals surface area contributed by atoms with Gasteiger partial charge in [-0.3, -0.25) is 4.79 Å². The Labute approximate surface area is 129 Å². The van der Waals surface area contributed by atoms with Crippen LogP contribution in [0, 0.1) is 0 Å². The summed E-state index contributed by atoms with van der Waals surface area (Å²) < 4.78 is 1.54. The summed E-state index contributed by atoms with van der Waals surface area (Å²) >= 11 is 12.0. The maximum atomic E-state index is 11.1. The minimum Gasteiger partial charge on any atom is -0.480 e. The molecule has 0 aliphatic carbocycles. The van der Waals surface area contributed by atoms with E-state index in [1.54, 1.807) is 29.1 Å². The summed E-state index contributed by atoms with van der Waals surface area (Å²) in [5.74, 6) is -0.537. The fourth-order valence-corrected chi connectivity index (χ4v) is 2.37. The molecule has 3 rings (SSSR count). The molecule has 8 heteroatoms. The number of fused-ring (bicyclic) bond motifs is 1. The molecule has 0 fully saturated rings. The van der Waals surface area contributed by atoms with Gasteiger partial charge in [-0.05, 0) is 12.1 Å². The highest BCUT2D eigenvalue weighted by Gasteiger charge is 2.16. The van der Waals surface area contributed by atoms with Crippen molar-refractivity contribution in [3.05, 3.63) is 40.9 Å². The number of halogens is 2. The summed E-state index contributed by atoms with van der Waals surface area (Å²) in [6.45, 7) is -0.251. The lowest BCUT2D eigenvalue weighted by molar-refractivity contribution is -0.137. The van der Waals surface area contributed by atoms with Gasteiger partial charge in [0.15, 0.2) is 0 Å². The average molecular weight is 323 g/mol. The van der Waals surface area contributed by atoms with Crippen molar-refractivity contribution in [2.75, 3.05) is 0 Å². The first-order valence-corrected chi connectivity index (χ1v) is 6.64. The molecule has 0 aliphatic rings. The molecule has 1 aromatic carbocycles. The van der Waals surface area contributed by atoms with Crippen molar-refractivity contribution in [1.29, 1.82) is 0 Å². The van der Waals surface area contributed by atoms with Gasteiger partial charge in [0.1, 0.15) is 18.7 Å². The Kier molecular flexibility index (Phi) is 3.48. The van der Waals surface area contributed by atoms with Crippen LogP contribution >= 0.6 is 23.2 Å². The van der Waals surface area contributed by atoms with Crippen molar-refractivity contribution in [3.63, 3.8) is 0 Å². The Balaban J connectivity index is 2.30. The van der Waals surface area contributed by atoms with Gasteiger partial charge in [-0.1, -0.05) is 23.2 Å². The Hall–Kier alpha value is -2.18. The summed E-state index contributed by atoms with van der Waals surface area (Å²) in [5.41, 5.74) is 1.76. The van der Waals surface area contributed by atoms with Crippen LogP contribution in [-0.4, -0.2) is 30.6 Å². The molecule has 1 N–H and O–H groups in total. The zero-order valence-electron chi connectivity index (χ0n) is 10.5. The van der Waals surface area contributed by atoms with Crippen molar-refractivity contribution in [3.8, 4) is 11.4 Å². The number of carboxylic acids is 1. The molecule has 106 valence electrons. The number of hydrogen-bond acceptors (Lipinski definition) is 4. The largest absolute Gasteiger partial charge is 0.480 e. The van der Waals surface area contributed by atoms with E-state index in [1.807, 2.05) is 0 Å². The fourth-order valence-electron chi connectivity index (χ4n) is 2.05. The quantitative estimate of drug-likeness (QED) is 0.801. The predicted molar refractivity (Wildman–Crippen MR) is 78.4 cm³/mol. The van der Waals surface area contributed by atoms with Gasteiger partial charge in [-0.15, -0.1) is 0 Å². The second kappa shape index (κ2) is 5.31. The molecule has 0 spiro atoms. The summed E-state index contributed by atoms with van der Waals surface area (Å²) in [7, 11) is 0. The number of aliphatic carboxylic acids is 1. The standard InChI is InChI=1S/C13H8Cl2N4O2/c14-8-1-10-11(2-9(8)15)19(5-12(20)21)13(18-10)7-3-16-6-17-4-7/h1-4,6H,5H2,(H,20,21). The summed E-state index contributed by atoms with van der Waals surface area (Å²) in [5, 5.41) is 9.80. The second-order valence-corrected chi connectivity index (χ2v) is 5.11. The van der Waals surface area contributed by atoms with E-state index in [1.165, 1.54) is 6.33 Å². The lowest BCUT2D eigenvalue weighted by Gasteiger charge is -2.06. The SMILES string of the molecule is O=C(O)Cn1c(-c2cncnc2)nc2cc(Cl)c(Cl)cc21. The maximum Gasteiger partial charge on any atom is 0.323 e. The van der Waals surface area contributed by atoms with Gasteiger partial charge in [0, 0.05) is 12.4 Å². The number of nitrogens with zero attached hydrogens (tertiary/aromatic N) is 4. The Morgan fingerprint density at radius 3 is 2.52 bits per heavy atom. The average Bonchev–Trinajstić information content (AvgIpc) is 2.78. The van der Waals surface area contributed by atoms with Gasteiger partial charge in [0.2, 0.25) is 0 Å². The van der Waals surface area contributed by atoms with Gasteiger partial charge >= 0.3 is 5.97 Å². The molecule has 2 heterocycles. The van der Waals surface area contributed by atoms with E-state index in [2.05, 4.69) is 15.0 Å². The minimum atomic E-state index is -0.988. The highest BCUT2D eigenvalue weighted by Crippen LogP contribution is 2.31. The third kappa shape index (κ3) is 2.55. The molecule has 21 heavy (non-hydrogen) atoms. The normalized spacial score (nSPS) is 11.0. The zero-order chi connectivity index (χ0) is 15.0. The van der Waals surface area contributed by atoms with Crippen LogP contribution in [0.4, 0.5) is 0 Å². The molecule has 0 radical (unpaired) electrons. The molecular formula is C13H8Cl2N4O2. The van der Waals surface area contributed by atoms with Crippen LogP contribution in [0.15, 0.2) is 30.9 Å². The predicted octanol–water partition coefficient (Wildman–Crippen LogP) is 2.88. The van der Waals surface area contributed by atoms with E-state index in [0.717, 1.165) is 0 Å². The monoisotopic (exact) mass is 322 g/mol. The van der Waals surface area contributed by atoms with E-state index in [0.29, 0.717) is 32.5 Å². The molecule has 3 aromatic rings. The first kappa shape index (κ1) is 13.8. The van der Waals surface area contributed by atoms with E-state index < -0.39 is 5.97 Å². The van der Waals surface area contributed by atoms with Crippen molar-refractivity contribution in [2.24, 2.45) is 0 Å². The van der Waals surface area contributed by atoms with E-state index in [9.17, 15) is 4.79 Å². The summed E-state index contributed by atoms with van der Waals surface area (Å²) in [6.07, 6.45) is 4.52. The number of aromatic nitrogens is 4. The molecule has 0 unspecified atom stereocenters. The molecule has 0 atom stereocenters. The van der Waals surface area contributed by atoms with Crippen molar-refractivity contribution >= 4 is 40.2 Å². The van der Waals surface area contributed by atoms with Crippen LogP contribution in [0.25, 0.3) is 22.4 Å².